The average Bonchev–Trinajstić information content (AvgIpc) is 3.02. The molecule has 0 fully saturated rings. The molecule has 2 N–H and O–H groups in total. The van der Waals surface area contributed by atoms with Crippen LogP contribution in [0.15, 0.2) is 36.5 Å². The lowest BCUT2D eigenvalue weighted by molar-refractivity contribution is -0.870. The predicted molar refractivity (Wildman–Crippen MR) is 201 cm³/mol. The number of phosphoric acid groups is 1. The number of carbonyl (C=O) groups is 1. The molecule has 0 heterocycles. The number of phosphoric ester groups is 1. The monoisotopic (exact) mass is 699 g/mol. The van der Waals surface area contributed by atoms with E-state index in [0.717, 1.165) is 38.5 Å². The smallest absolute Gasteiger partial charge is 0.268 e. The molecular weight excluding hydrogens is 623 g/mol. The van der Waals surface area contributed by atoms with Gasteiger partial charge in [-0.15, -0.1) is 0 Å². The standard InChI is InChI=1S/C39H75N2O6P/c1-6-8-10-12-14-16-17-18-19-20-21-22-23-24-25-27-29-31-33-39(43)40-37(36-47-48(44,45)46-35-34-41(3,4)5)38(42)32-30-28-26-15-13-11-9-7-2/h13,15,19-20,30,32,37-38,42H,6-12,14,16-18,21-29,31,33-36H2,1-5H3,(H-,40,43,44,45)/b15-13+,20-19-,32-30+. The highest BCUT2D eigenvalue weighted by Gasteiger charge is 2.23. The molecule has 0 aliphatic carbocycles. The molecule has 3 atom stereocenters. The summed E-state index contributed by atoms with van der Waals surface area (Å²) < 4.78 is 23.0. The van der Waals surface area contributed by atoms with Gasteiger partial charge in [-0.1, -0.05) is 134 Å². The van der Waals surface area contributed by atoms with Crippen LogP contribution < -0.4 is 10.2 Å². The van der Waals surface area contributed by atoms with E-state index in [9.17, 15) is 19.4 Å². The summed E-state index contributed by atoms with van der Waals surface area (Å²) in [5.41, 5.74) is 0. The van der Waals surface area contributed by atoms with Gasteiger partial charge in [-0.25, -0.2) is 0 Å². The first-order chi connectivity index (χ1) is 23.0. The first-order valence-electron chi connectivity index (χ1n) is 19.4. The predicted octanol–water partition coefficient (Wildman–Crippen LogP) is 9.33. The van der Waals surface area contributed by atoms with Gasteiger partial charge < -0.3 is 28.8 Å². The van der Waals surface area contributed by atoms with Crippen LogP contribution in [0.25, 0.3) is 0 Å². The van der Waals surface area contributed by atoms with Gasteiger partial charge >= 0.3 is 0 Å². The van der Waals surface area contributed by atoms with E-state index in [1.807, 2.05) is 27.2 Å². The zero-order valence-corrected chi connectivity index (χ0v) is 32.6. The van der Waals surface area contributed by atoms with Crippen molar-refractivity contribution in [2.75, 3.05) is 40.9 Å². The van der Waals surface area contributed by atoms with E-state index >= 15 is 0 Å². The van der Waals surface area contributed by atoms with E-state index in [-0.39, 0.29) is 12.5 Å². The fraction of sp³-hybridized carbons (Fsp3) is 0.821. The van der Waals surface area contributed by atoms with Crippen molar-refractivity contribution < 1.29 is 32.9 Å². The Bertz CT molecular complexity index is 886. The number of aliphatic hydroxyl groups is 1. The number of rotatable bonds is 34. The number of unbranched alkanes of at least 4 members (excludes halogenated alkanes) is 17. The highest BCUT2D eigenvalue weighted by atomic mass is 31.2. The largest absolute Gasteiger partial charge is 0.756 e. The number of aliphatic hydroxyl groups excluding tert-OH is 1. The molecule has 0 aliphatic heterocycles. The van der Waals surface area contributed by atoms with Gasteiger partial charge in [-0.3, -0.25) is 9.36 Å². The summed E-state index contributed by atoms with van der Waals surface area (Å²) in [6.45, 7) is 4.52. The Morgan fingerprint density at radius 3 is 1.75 bits per heavy atom. The SMILES string of the molecule is CCCC/C=C/CC/C=C/C(O)C(COP(=O)([O-])OCC[N+](C)(C)C)NC(=O)CCCCCCCCC/C=C\CCCCCCCCC. The second-order valence-electron chi connectivity index (χ2n) is 14.3. The molecule has 0 spiro atoms. The van der Waals surface area contributed by atoms with E-state index in [1.165, 1.54) is 96.3 Å². The topological polar surface area (TPSA) is 108 Å². The minimum atomic E-state index is -4.58. The molecule has 48 heavy (non-hydrogen) atoms. The molecule has 0 radical (unpaired) electrons. The molecule has 3 unspecified atom stereocenters. The Labute approximate surface area is 296 Å². The molecule has 0 saturated heterocycles. The van der Waals surface area contributed by atoms with Gasteiger partial charge in [0.1, 0.15) is 13.2 Å². The third kappa shape index (κ3) is 33.2. The molecular formula is C39H75N2O6P. The number of allylic oxidation sites excluding steroid dienone is 5. The van der Waals surface area contributed by atoms with Crippen molar-refractivity contribution in [3.63, 3.8) is 0 Å². The number of hydrogen-bond acceptors (Lipinski definition) is 6. The molecule has 9 heteroatoms. The molecule has 0 aromatic rings. The van der Waals surface area contributed by atoms with Crippen molar-refractivity contribution >= 4 is 13.7 Å². The summed E-state index contributed by atoms with van der Waals surface area (Å²) in [5, 5.41) is 13.6. The molecule has 0 saturated carbocycles. The number of hydrogen-bond donors (Lipinski definition) is 2. The fourth-order valence-electron chi connectivity index (χ4n) is 5.15. The summed E-state index contributed by atoms with van der Waals surface area (Å²) in [4.78, 5) is 25.1. The van der Waals surface area contributed by atoms with Crippen LogP contribution >= 0.6 is 7.82 Å². The van der Waals surface area contributed by atoms with Gasteiger partial charge in [-0.2, -0.15) is 0 Å². The van der Waals surface area contributed by atoms with Crippen molar-refractivity contribution in [2.24, 2.45) is 0 Å². The minimum Gasteiger partial charge on any atom is -0.756 e. The first-order valence-corrected chi connectivity index (χ1v) is 20.8. The third-order valence-electron chi connectivity index (χ3n) is 8.32. The number of nitrogens with zero attached hydrogens (tertiary/aromatic N) is 1. The van der Waals surface area contributed by atoms with Gasteiger partial charge in [0.2, 0.25) is 5.91 Å². The molecule has 0 aromatic heterocycles. The molecule has 0 aromatic carbocycles. The lowest BCUT2D eigenvalue weighted by atomic mass is 10.1. The maximum Gasteiger partial charge on any atom is 0.268 e. The second-order valence-corrected chi connectivity index (χ2v) is 15.7. The zero-order valence-electron chi connectivity index (χ0n) is 31.7. The van der Waals surface area contributed by atoms with Crippen molar-refractivity contribution in [1.82, 2.24) is 5.32 Å². The van der Waals surface area contributed by atoms with Crippen molar-refractivity contribution in [3.8, 4) is 0 Å². The number of nitrogens with one attached hydrogen (secondary N) is 1. The Morgan fingerprint density at radius 2 is 1.19 bits per heavy atom. The van der Waals surface area contributed by atoms with E-state index in [2.05, 4.69) is 43.5 Å². The number of likely N-dealkylation sites (N-methyl/N-ethyl adjacent to an activating group) is 1. The Kier molecular flexibility index (Phi) is 30.8. The van der Waals surface area contributed by atoms with E-state index in [4.69, 9.17) is 9.05 Å². The first kappa shape index (κ1) is 46.7. The van der Waals surface area contributed by atoms with E-state index in [1.54, 1.807) is 6.08 Å². The van der Waals surface area contributed by atoms with Gasteiger partial charge in [0.15, 0.2) is 0 Å². The number of carbonyl (C=O) groups excluding carboxylic acids is 1. The van der Waals surface area contributed by atoms with Gasteiger partial charge in [-0.05, 0) is 51.4 Å². The summed E-state index contributed by atoms with van der Waals surface area (Å²) >= 11 is 0. The van der Waals surface area contributed by atoms with Crippen molar-refractivity contribution in [2.45, 2.75) is 167 Å². The fourth-order valence-corrected chi connectivity index (χ4v) is 5.87. The molecule has 282 valence electrons. The van der Waals surface area contributed by atoms with Gasteiger partial charge in [0, 0.05) is 6.42 Å². The van der Waals surface area contributed by atoms with Gasteiger partial charge in [0.05, 0.1) is 39.9 Å². The molecule has 1 amide bonds. The lowest BCUT2D eigenvalue weighted by Crippen LogP contribution is -2.45. The van der Waals surface area contributed by atoms with Crippen LogP contribution in [0.5, 0.6) is 0 Å². The summed E-state index contributed by atoms with van der Waals surface area (Å²) in [5.74, 6) is -0.218. The number of quaternary nitrogens is 1. The highest BCUT2D eigenvalue weighted by Crippen LogP contribution is 2.38. The van der Waals surface area contributed by atoms with Crippen LogP contribution in [0.4, 0.5) is 0 Å². The normalized spacial score (nSPS) is 15.1. The maximum atomic E-state index is 12.7. The highest BCUT2D eigenvalue weighted by molar-refractivity contribution is 7.45. The Morgan fingerprint density at radius 1 is 0.708 bits per heavy atom. The minimum absolute atomic E-state index is 0.00800. The van der Waals surface area contributed by atoms with Crippen LogP contribution in [0, 0.1) is 0 Å². The summed E-state index contributed by atoms with van der Waals surface area (Å²) in [6.07, 6.45) is 36.3. The quantitative estimate of drug-likeness (QED) is 0.0300. The van der Waals surface area contributed by atoms with Crippen molar-refractivity contribution in [3.05, 3.63) is 36.5 Å². The average molecular weight is 699 g/mol. The summed E-state index contributed by atoms with van der Waals surface area (Å²) in [7, 11) is 1.23. The zero-order chi connectivity index (χ0) is 35.8. The van der Waals surface area contributed by atoms with Crippen LogP contribution in [0.2, 0.25) is 0 Å². The molecule has 0 aliphatic rings. The third-order valence-corrected chi connectivity index (χ3v) is 9.29. The Hall–Kier alpha value is -1.28. The summed E-state index contributed by atoms with van der Waals surface area (Å²) in [6, 6.07) is -0.900. The van der Waals surface area contributed by atoms with Crippen LogP contribution in [-0.4, -0.2) is 68.5 Å². The van der Waals surface area contributed by atoms with Crippen LogP contribution in [0.1, 0.15) is 155 Å². The molecule has 0 bridgehead atoms. The lowest BCUT2D eigenvalue weighted by Gasteiger charge is -2.29. The maximum absolute atomic E-state index is 12.7. The Balaban J connectivity index is 4.39. The molecule has 8 nitrogen and oxygen atoms in total. The van der Waals surface area contributed by atoms with Crippen molar-refractivity contribution in [1.29, 1.82) is 0 Å². The van der Waals surface area contributed by atoms with E-state index < -0.39 is 26.6 Å². The number of amides is 1. The second kappa shape index (κ2) is 31.7. The molecule has 0 rings (SSSR count). The van der Waals surface area contributed by atoms with E-state index in [0.29, 0.717) is 17.4 Å². The van der Waals surface area contributed by atoms with Crippen LogP contribution in [-0.2, 0) is 18.4 Å². The van der Waals surface area contributed by atoms with Crippen LogP contribution in [0.3, 0.4) is 0 Å². The van der Waals surface area contributed by atoms with Gasteiger partial charge in [0.25, 0.3) is 7.82 Å².